The van der Waals surface area contributed by atoms with E-state index in [4.69, 9.17) is 5.11 Å². The van der Waals surface area contributed by atoms with Crippen LogP contribution in [0.5, 0.6) is 0 Å². The van der Waals surface area contributed by atoms with Gasteiger partial charge in [0.2, 0.25) is 0 Å². The lowest BCUT2D eigenvalue weighted by Crippen LogP contribution is -2.29. The smallest absolute Gasteiger partial charge is 0.0948 e. The summed E-state index contributed by atoms with van der Waals surface area (Å²) in [5, 5.41) is 11.3. The molecule has 0 aromatic rings. The first-order chi connectivity index (χ1) is 3.68. The highest BCUT2D eigenvalue weighted by Crippen LogP contribution is 1.95. The van der Waals surface area contributed by atoms with Gasteiger partial charge in [-0.3, -0.25) is 0 Å². The second-order valence-electron chi connectivity index (χ2n) is 1.56. The number of nitrogens with one attached hydrogen (secondary N) is 1. The Morgan fingerprint density at radius 3 is 2.50 bits per heavy atom. The van der Waals surface area contributed by atoms with Gasteiger partial charge in [-0.2, -0.15) is 12.6 Å². The molecule has 0 rings (SSSR count). The highest BCUT2D eigenvalue weighted by Gasteiger charge is 2.04. The average Bonchev–Trinajstić information content (AvgIpc) is 1.67. The van der Waals surface area contributed by atoms with Crippen LogP contribution in [0.2, 0.25) is 0 Å². The molecule has 2 nitrogen and oxygen atoms in total. The summed E-state index contributed by atoms with van der Waals surface area (Å²) in [7, 11) is 0. The van der Waals surface area contributed by atoms with E-state index in [1.54, 1.807) is 6.92 Å². The number of aliphatic hydroxyl groups is 1. The molecular formula is C5H11NOS. The minimum Gasteiger partial charge on any atom is -0.390 e. The molecule has 0 aliphatic rings. The van der Waals surface area contributed by atoms with E-state index in [0.717, 1.165) is 0 Å². The minimum absolute atomic E-state index is 0.201. The molecule has 2 unspecified atom stereocenters. The molecule has 0 spiro atoms. The summed E-state index contributed by atoms with van der Waals surface area (Å²) in [4.78, 5) is 0. The van der Waals surface area contributed by atoms with Gasteiger partial charge in [-0.25, -0.2) is 0 Å². The summed E-state index contributed by atoms with van der Waals surface area (Å²) in [6.07, 6.45) is 1.06. The van der Waals surface area contributed by atoms with Crippen molar-refractivity contribution in [1.29, 1.82) is 0 Å². The van der Waals surface area contributed by atoms with Crippen molar-refractivity contribution >= 4 is 12.6 Å². The van der Waals surface area contributed by atoms with Crippen molar-refractivity contribution in [2.75, 3.05) is 0 Å². The SMILES string of the molecule is C=CNC(S)C(C)O. The normalized spacial score (nSPS) is 16.9. The number of aliphatic hydroxyl groups excluding tert-OH is 1. The van der Waals surface area contributed by atoms with Gasteiger partial charge in [0, 0.05) is 0 Å². The molecule has 8 heavy (non-hydrogen) atoms. The molecule has 0 heterocycles. The van der Waals surface area contributed by atoms with Crippen LogP contribution in [0.15, 0.2) is 12.8 Å². The van der Waals surface area contributed by atoms with Crippen molar-refractivity contribution in [3.63, 3.8) is 0 Å². The molecule has 0 aromatic carbocycles. The summed E-state index contributed by atoms with van der Waals surface area (Å²) in [6.45, 7) is 5.07. The Morgan fingerprint density at radius 1 is 1.88 bits per heavy atom. The van der Waals surface area contributed by atoms with Gasteiger partial charge in [0.25, 0.3) is 0 Å². The fourth-order valence-electron chi connectivity index (χ4n) is 0.260. The molecule has 2 atom stereocenters. The Kier molecular flexibility index (Phi) is 3.73. The van der Waals surface area contributed by atoms with Gasteiger partial charge in [0.1, 0.15) is 0 Å². The van der Waals surface area contributed by atoms with E-state index in [1.807, 2.05) is 0 Å². The molecule has 0 saturated heterocycles. The molecule has 0 aliphatic heterocycles. The third kappa shape index (κ3) is 2.93. The van der Waals surface area contributed by atoms with Gasteiger partial charge >= 0.3 is 0 Å². The lowest BCUT2D eigenvalue weighted by Gasteiger charge is -2.12. The van der Waals surface area contributed by atoms with Gasteiger partial charge < -0.3 is 10.4 Å². The Bertz CT molecular complexity index is 74.8. The van der Waals surface area contributed by atoms with Crippen LogP contribution in [-0.2, 0) is 0 Å². The number of thiol groups is 1. The fourth-order valence-corrected chi connectivity index (χ4v) is 0.365. The zero-order chi connectivity index (χ0) is 6.57. The first kappa shape index (κ1) is 7.85. The Balaban J connectivity index is 3.30. The zero-order valence-electron chi connectivity index (χ0n) is 4.83. The van der Waals surface area contributed by atoms with Gasteiger partial charge in [0.05, 0.1) is 11.5 Å². The van der Waals surface area contributed by atoms with Gasteiger partial charge in [-0.15, -0.1) is 0 Å². The quantitative estimate of drug-likeness (QED) is 0.383. The first-order valence-corrected chi connectivity index (χ1v) is 2.93. The van der Waals surface area contributed by atoms with Crippen molar-refractivity contribution in [3.05, 3.63) is 12.8 Å². The standard InChI is InChI=1S/C5H11NOS/c1-3-6-5(8)4(2)7/h3-8H,1H2,2H3. The summed E-state index contributed by atoms with van der Waals surface area (Å²) in [5.74, 6) is 0. The molecule has 2 N–H and O–H groups in total. The van der Waals surface area contributed by atoms with Crippen LogP contribution in [-0.4, -0.2) is 16.6 Å². The monoisotopic (exact) mass is 133 g/mol. The lowest BCUT2D eigenvalue weighted by molar-refractivity contribution is 0.185. The van der Waals surface area contributed by atoms with Crippen LogP contribution in [0.4, 0.5) is 0 Å². The Morgan fingerprint density at radius 2 is 2.38 bits per heavy atom. The van der Waals surface area contributed by atoms with E-state index in [9.17, 15) is 0 Å². The van der Waals surface area contributed by atoms with Crippen molar-refractivity contribution < 1.29 is 5.11 Å². The molecule has 3 heteroatoms. The van der Waals surface area contributed by atoms with E-state index in [-0.39, 0.29) is 5.37 Å². The van der Waals surface area contributed by atoms with E-state index in [1.165, 1.54) is 6.20 Å². The maximum atomic E-state index is 8.77. The molecule has 0 fully saturated rings. The number of hydrogen-bond donors (Lipinski definition) is 3. The highest BCUT2D eigenvalue weighted by molar-refractivity contribution is 7.81. The largest absolute Gasteiger partial charge is 0.390 e. The van der Waals surface area contributed by atoms with Crippen molar-refractivity contribution in [1.82, 2.24) is 5.32 Å². The summed E-state index contributed by atoms with van der Waals surface area (Å²) in [6, 6.07) is 0. The van der Waals surface area contributed by atoms with Crippen molar-refractivity contribution in [2.45, 2.75) is 18.4 Å². The average molecular weight is 133 g/mol. The molecular weight excluding hydrogens is 122 g/mol. The maximum Gasteiger partial charge on any atom is 0.0948 e. The van der Waals surface area contributed by atoms with Crippen LogP contribution >= 0.6 is 12.6 Å². The topological polar surface area (TPSA) is 32.3 Å². The third-order valence-corrected chi connectivity index (χ3v) is 1.33. The summed E-state index contributed by atoms with van der Waals surface area (Å²) < 4.78 is 0. The summed E-state index contributed by atoms with van der Waals surface area (Å²) >= 11 is 3.97. The predicted octanol–water partition coefficient (Wildman–Crippen LogP) is 0.356. The molecule has 0 aliphatic carbocycles. The van der Waals surface area contributed by atoms with E-state index in [0.29, 0.717) is 0 Å². The molecule has 0 aromatic heterocycles. The zero-order valence-corrected chi connectivity index (χ0v) is 5.73. The molecule has 48 valence electrons. The summed E-state index contributed by atoms with van der Waals surface area (Å²) in [5.41, 5.74) is 0. The van der Waals surface area contributed by atoms with E-state index >= 15 is 0 Å². The highest BCUT2D eigenvalue weighted by atomic mass is 32.1. The lowest BCUT2D eigenvalue weighted by atomic mass is 10.4. The minimum atomic E-state index is -0.448. The van der Waals surface area contributed by atoms with Gasteiger partial charge in [-0.1, -0.05) is 6.58 Å². The Hall–Kier alpha value is -0.150. The first-order valence-electron chi connectivity index (χ1n) is 2.41. The van der Waals surface area contributed by atoms with Crippen molar-refractivity contribution in [3.8, 4) is 0 Å². The number of hydrogen-bond acceptors (Lipinski definition) is 3. The third-order valence-electron chi connectivity index (χ3n) is 0.746. The van der Waals surface area contributed by atoms with Crippen LogP contribution in [0.25, 0.3) is 0 Å². The number of rotatable bonds is 3. The second-order valence-corrected chi connectivity index (χ2v) is 2.11. The van der Waals surface area contributed by atoms with Gasteiger partial charge in [-0.05, 0) is 13.1 Å². The van der Waals surface area contributed by atoms with Crippen LogP contribution in [0.1, 0.15) is 6.92 Å². The Labute approximate surface area is 55.0 Å². The maximum absolute atomic E-state index is 8.77. The van der Waals surface area contributed by atoms with Crippen LogP contribution in [0.3, 0.4) is 0 Å². The van der Waals surface area contributed by atoms with Crippen LogP contribution in [0, 0.1) is 0 Å². The molecule has 0 bridgehead atoms. The second kappa shape index (κ2) is 3.80. The predicted molar refractivity (Wildman–Crippen MR) is 37.8 cm³/mol. The van der Waals surface area contributed by atoms with E-state index in [2.05, 4.69) is 24.5 Å². The van der Waals surface area contributed by atoms with Crippen LogP contribution < -0.4 is 5.32 Å². The molecule has 0 amide bonds. The van der Waals surface area contributed by atoms with E-state index < -0.39 is 6.10 Å². The fraction of sp³-hybridized carbons (Fsp3) is 0.600. The molecule has 0 saturated carbocycles. The molecule has 0 radical (unpaired) electrons. The van der Waals surface area contributed by atoms with Gasteiger partial charge in [0.15, 0.2) is 0 Å². The van der Waals surface area contributed by atoms with Crippen molar-refractivity contribution in [2.24, 2.45) is 0 Å².